The quantitative estimate of drug-likeness (QED) is 0.614. The van der Waals surface area contributed by atoms with E-state index in [2.05, 4.69) is 5.32 Å². The van der Waals surface area contributed by atoms with Crippen LogP contribution in [0.3, 0.4) is 0 Å². The number of nitrogens with one attached hydrogen (secondary N) is 2. The number of hydrogen-bond donors (Lipinski definition) is 3. The summed E-state index contributed by atoms with van der Waals surface area (Å²) in [5.74, 6) is -1.52. The fraction of sp³-hybridized carbons (Fsp3) is 0.583. The fourth-order valence-electron chi connectivity index (χ4n) is 1.20. The zero-order chi connectivity index (χ0) is 15.9. The van der Waals surface area contributed by atoms with Crippen LogP contribution in [0.1, 0.15) is 27.2 Å². The number of aliphatic carboxylic acids is 1. The van der Waals surface area contributed by atoms with Crippen molar-refractivity contribution in [3.8, 4) is 0 Å². The number of hydrogen-bond acceptors (Lipinski definition) is 4. The average molecular weight is 304 g/mol. The Bertz CT molecular complexity index is 459. The van der Waals surface area contributed by atoms with Gasteiger partial charge < -0.3 is 10.4 Å². The van der Waals surface area contributed by atoms with Crippen molar-refractivity contribution in [2.75, 3.05) is 12.0 Å². The summed E-state index contributed by atoms with van der Waals surface area (Å²) in [6, 6.07) is -0.946. The molecule has 0 fully saturated rings. The maximum Gasteiger partial charge on any atom is 0.331 e. The van der Waals surface area contributed by atoms with Gasteiger partial charge in [-0.2, -0.15) is 0 Å². The minimum atomic E-state index is -1.21. The smallest absolute Gasteiger partial charge is 0.331 e. The number of carboxylic acids is 1. The Labute approximate surface area is 120 Å². The van der Waals surface area contributed by atoms with Crippen LogP contribution in [0.25, 0.3) is 0 Å². The van der Waals surface area contributed by atoms with Crippen molar-refractivity contribution in [1.82, 2.24) is 10.6 Å². The van der Waals surface area contributed by atoms with Crippen LogP contribution in [0.2, 0.25) is 0 Å². The van der Waals surface area contributed by atoms with E-state index >= 15 is 0 Å². The highest BCUT2D eigenvalue weighted by Gasteiger charge is 2.16. The van der Waals surface area contributed by atoms with Crippen LogP contribution in [0.5, 0.6) is 0 Å². The van der Waals surface area contributed by atoms with Crippen molar-refractivity contribution in [2.24, 2.45) is 0 Å². The van der Waals surface area contributed by atoms with Gasteiger partial charge in [-0.3, -0.25) is 14.3 Å². The first kappa shape index (κ1) is 18.3. The molecule has 0 aliphatic carbocycles. The molecule has 0 aromatic rings. The molecule has 0 heterocycles. The predicted molar refractivity (Wildman–Crippen MR) is 75.7 cm³/mol. The molecule has 2 unspecified atom stereocenters. The molecule has 20 heavy (non-hydrogen) atoms. The number of urea groups is 1. The van der Waals surface area contributed by atoms with Gasteiger partial charge in [0, 0.05) is 40.0 Å². The largest absolute Gasteiger partial charge is 0.478 e. The molecule has 0 bridgehead atoms. The van der Waals surface area contributed by atoms with E-state index in [0.29, 0.717) is 12.2 Å². The van der Waals surface area contributed by atoms with Gasteiger partial charge >= 0.3 is 12.0 Å². The molecule has 0 aliphatic rings. The lowest BCUT2D eigenvalue weighted by Gasteiger charge is -2.13. The van der Waals surface area contributed by atoms with Crippen molar-refractivity contribution in [1.29, 1.82) is 0 Å². The molecule has 8 heteroatoms. The third-order valence-electron chi connectivity index (χ3n) is 2.67. The third-order valence-corrected chi connectivity index (χ3v) is 3.48. The van der Waals surface area contributed by atoms with E-state index in [1.54, 1.807) is 13.2 Å². The minimum absolute atomic E-state index is 0.0324. The van der Waals surface area contributed by atoms with Crippen LogP contribution in [-0.2, 0) is 20.4 Å². The van der Waals surface area contributed by atoms with Crippen LogP contribution in [0.15, 0.2) is 11.1 Å². The summed E-state index contributed by atoms with van der Waals surface area (Å²) in [4.78, 5) is 33.8. The van der Waals surface area contributed by atoms with E-state index < -0.39 is 28.7 Å². The summed E-state index contributed by atoms with van der Waals surface area (Å²) in [7, 11) is -0.942. The van der Waals surface area contributed by atoms with E-state index in [1.165, 1.54) is 13.8 Å². The molecule has 0 radical (unpaired) electrons. The van der Waals surface area contributed by atoms with Gasteiger partial charge in [0.25, 0.3) is 5.91 Å². The lowest BCUT2D eigenvalue weighted by Crippen LogP contribution is -2.44. The number of amides is 3. The molecule has 0 aliphatic heterocycles. The van der Waals surface area contributed by atoms with Gasteiger partial charge in [-0.25, -0.2) is 9.59 Å². The highest BCUT2D eigenvalue weighted by molar-refractivity contribution is 7.84. The van der Waals surface area contributed by atoms with Crippen molar-refractivity contribution in [3.05, 3.63) is 11.1 Å². The summed E-state index contributed by atoms with van der Waals surface area (Å²) < 4.78 is 10.9. The van der Waals surface area contributed by atoms with Crippen LogP contribution >= 0.6 is 0 Å². The molecular weight excluding hydrogens is 284 g/mol. The number of carboxylic acid groups (broad SMARTS) is 1. The van der Waals surface area contributed by atoms with Crippen molar-refractivity contribution >= 4 is 28.7 Å². The van der Waals surface area contributed by atoms with Crippen molar-refractivity contribution < 1.29 is 23.7 Å². The normalized spacial score (nSPS) is 14.8. The fourth-order valence-corrected chi connectivity index (χ4v) is 1.89. The maximum atomic E-state index is 11.6. The van der Waals surface area contributed by atoms with Gasteiger partial charge in [0.05, 0.1) is 0 Å². The first-order valence-electron chi connectivity index (χ1n) is 5.97. The standard InChI is InChI=1S/C12H20N2O5S/c1-7(5-6-20(4)19)13-12(18)14-10(15)8(2)9(3)11(16)17/h7H,5-6H2,1-4H3,(H,16,17)(H2,13,14,15,18). The molecule has 3 N–H and O–H groups in total. The summed E-state index contributed by atoms with van der Waals surface area (Å²) in [5.41, 5.74) is -0.153. The monoisotopic (exact) mass is 304 g/mol. The SMILES string of the molecule is CC(C(=O)O)=C(C)C(=O)NC(=O)NC(C)CCS(C)=O. The highest BCUT2D eigenvalue weighted by Crippen LogP contribution is 2.03. The molecule has 0 aromatic carbocycles. The number of carbonyl (C=O) groups is 3. The first-order chi connectivity index (χ1) is 9.15. The van der Waals surface area contributed by atoms with E-state index in [9.17, 15) is 18.6 Å². The van der Waals surface area contributed by atoms with Gasteiger partial charge in [0.2, 0.25) is 0 Å². The van der Waals surface area contributed by atoms with Gasteiger partial charge in [0.1, 0.15) is 0 Å². The van der Waals surface area contributed by atoms with Crippen LogP contribution < -0.4 is 10.6 Å². The molecule has 0 aromatic heterocycles. The minimum Gasteiger partial charge on any atom is -0.478 e. The molecule has 3 amide bonds. The Morgan fingerprint density at radius 1 is 1.20 bits per heavy atom. The Morgan fingerprint density at radius 3 is 2.20 bits per heavy atom. The molecule has 0 saturated heterocycles. The predicted octanol–water partition coefficient (Wildman–Crippen LogP) is 0.390. The molecule has 2 atom stereocenters. The zero-order valence-corrected chi connectivity index (χ0v) is 12.8. The number of carbonyl (C=O) groups excluding carboxylic acids is 2. The number of rotatable bonds is 6. The maximum absolute atomic E-state index is 11.6. The molecule has 114 valence electrons. The van der Waals surface area contributed by atoms with Gasteiger partial charge in [-0.05, 0) is 27.2 Å². The zero-order valence-electron chi connectivity index (χ0n) is 12.0. The summed E-state index contributed by atoms with van der Waals surface area (Å²) in [5, 5.41) is 13.3. The Hall–Kier alpha value is -1.70. The van der Waals surface area contributed by atoms with E-state index in [4.69, 9.17) is 5.11 Å². The van der Waals surface area contributed by atoms with Crippen LogP contribution in [0.4, 0.5) is 4.79 Å². The van der Waals surface area contributed by atoms with Gasteiger partial charge in [-0.15, -0.1) is 0 Å². The van der Waals surface area contributed by atoms with Crippen LogP contribution in [-0.4, -0.2) is 45.3 Å². The number of imide groups is 1. The second-order valence-corrected chi connectivity index (χ2v) is 6.00. The molecule has 0 spiro atoms. The Morgan fingerprint density at radius 2 is 1.75 bits per heavy atom. The van der Waals surface area contributed by atoms with Crippen molar-refractivity contribution in [2.45, 2.75) is 33.2 Å². The topological polar surface area (TPSA) is 113 Å². The first-order valence-corrected chi connectivity index (χ1v) is 7.70. The molecule has 0 saturated carbocycles. The molecule has 7 nitrogen and oxygen atoms in total. The van der Waals surface area contributed by atoms with E-state index in [0.717, 1.165) is 0 Å². The van der Waals surface area contributed by atoms with Gasteiger partial charge in [0.15, 0.2) is 0 Å². The van der Waals surface area contributed by atoms with Crippen LogP contribution in [0, 0.1) is 0 Å². The Kier molecular flexibility index (Phi) is 7.75. The second kappa shape index (κ2) is 8.47. The third kappa shape index (κ3) is 7.03. The average Bonchev–Trinajstić information content (AvgIpc) is 2.33. The lowest BCUT2D eigenvalue weighted by atomic mass is 10.1. The van der Waals surface area contributed by atoms with E-state index in [-0.39, 0.29) is 17.2 Å². The summed E-state index contributed by atoms with van der Waals surface area (Å²) in [6.45, 7) is 4.34. The summed E-state index contributed by atoms with van der Waals surface area (Å²) in [6.07, 6.45) is 2.09. The van der Waals surface area contributed by atoms with Gasteiger partial charge in [-0.1, -0.05) is 0 Å². The van der Waals surface area contributed by atoms with E-state index in [1.807, 2.05) is 5.32 Å². The lowest BCUT2D eigenvalue weighted by molar-refractivity contribution is -0.133. The molecular formula is C12H20N2O5S. The Balaban J connectivity index is 4.41. The highest BCUT2D eigenvalue weighted by atomic mass is 32.2. The van der Waals surface area contributed by atoms with Crippen molar-refractivity contribution in [3.63, 3.8) is 0 Å². The summed E-state index contributed by atoms with van der Waals surface area (Å²) >= 11 is 0. The second-order valence-electron chi connectivity index (χ2n) is 4.45. The molecule has 0 rings (SSSR count).